The SMILES string of the molecule is CC(C)(C)OCCOCCC(=O)Cc1ccc(S(N)(=O)=O)cc1. The van der Waals surface area contributed by atoms with Crippen molar-refractivity contribution in [3.63, 3.8) is 0 Å². The monoisotopic (exact) mass is 343 g/mol. The topological polar surface area (TPSA) is 95.7 Å². The third-order valence-corrected chi connectivity index (χ3v) is 3.87. The van der Waals surface area contributed by atoms with Crippen molar-refractivity contribution in [2.45, 2.75) is 44.1 Å². The lowest BCUT2D eigenvalue weighted by molar-refractivity contribution is -0.119. The predicted molar refractivity (Wildman–Crippen MR) is 87.7 cm³/mol. The van der Waals surface area contributed by atoms with Crippen molar-refractivity contribution in [3.8, 4) is 0 Å². The molecule has 0 aliphatic heterocycles. The number of hydrogen-bond donors (Lipinski definition) is 1. The fourth-order valence-corrected chi connectivity index (χ4v) is 2.32. The van der Waals surface area contributed by atoms with E-state index in [1.807, 2.05) is 20.8 Å². The standard InChI is InChI=1S/C16H25NO5S/c1-16(2,3)22-11-10-21-9-8-14(18)12-13-4-6-15(7-5-13)23(17,19)20/h4-7H,8-12H2,1-3H3,(H2,17,19,20). The molecule has 0 saturated heterocycles. The number of benzene rings is 1. The average molecular weight is 343 g/mol. The van der Waals surface area contributed by atoms with Crippen LogP contribution in [0.2, 0.25) is 0 Å². The summed E-state index contributed by atoms with van der Waals surface area (Å²) in [5.74, 6) is 0.0325. The molecule has 0 radical (unpaired) electrons. The van der Waals surface area contributed by atoms with E-state index in [1.165, 1.54) is 12.1 Å². The number of sulfonamides is 1. The van der Waals surface area contributed by atoms with Crippen molar-refractivity contribution in [3.05, 3.63) is 29.8 Å². The highest BCUT2D eigenvalue weighted by Crippen LogP contribution is 2.10. The van der Waals surface area contributed by atoms with Gasteiger partial charge in [0.25, 0.3) is 0 Å². The molecule has 0 heterocycles. The van der Waals surface area contributed by atoms with E-state index in [0.717, 1.165) is 5.56 Å². The molecule has 6 nitrogen and oxygen atoms in total. The molecule has 1 aromatic rings. The summed E-state index contributed by atoms with van der Waals surface area (Å²) >= 11 is 0. The van der Waals surface area contributed by atoms with Crippen LogP contribution in [0.5, 0.6) is 0 Å². The smallest absolute Gasteiger partial charge is 0.238 e. The number of carbonyl (C=O) groups excluding carboxylic acids is 1. The second kappa shape index (κ2) is 8.54. The number of carbonyl (C=O) groups is 1. The molecule has 0 spiro atoms. The summed E-state index contributed by atoms with van der Waals surface area (Å²) in [6.07, 6.45) is 0.555. The summed E-state index contributed by atoms with van der Waals surface area (Å²) in [7, 11) is -3.70. The molecule has 23 heavy (non-hydrogen) atoms. The zero-order valence-electron chi connectivity index (χ0n) is 13.9. The maximum atomic E-state index is 11.8. The minimum atomic E-state index is -3.70. The average Bonchev–Trinajstić information content (AvgIpc) is 2.41. The number of nitrogens with two attached hydrogens (primary N) is 1. The maximum absolute atomic E-state index is 11.8. The van der Waals surface area contributed by atoms with Gasteiger partial charge in [-0.2, -0.15) is 0 Å². The summed E-state index contributed by atoms with van der Waals surface area (Å²) in [6, 6.07) is 5.99. The number of ether oxygens (including phenoxy) is 2. The first kappa shape index (κ1) is 19.8. The van der Waals surface area contributed by atoms with Gasteiger partial charge in [-0.15, -0.1) is 0 Å². The summed E-state index contributed by atoms with van der Waals surface area (Å²) < 4.78 is 33.1. The quantitative estimate of drug-likeness (QED) is 0.688. The Kier molecular flexibility index (Phi) is 7.34. The lowest BCUT2D eigenvalue weighted by Gasteiger charge is -2.19. The molecule has 2 N–H and O–H groups in total. The fourth-order valence-electron chi connectivity index (χ4n) is 1.81. The van der Waals surface area contributed by atoms with Crippen LogP contribution in [-0.4, -0.2) is 39.6 Å². The molecule has 1 aromatic carbocycles. The molecule has 0 atom stereocenters. The number of ketones is 1. The highest BCUT2D eigenvalue weighted by atomic mass is 32.2. The molecule has 0 aliphatic rings. The van der Waals surface area contributed by atoms with Crippen molar-refractivity contribution < 1.29 is 22.7 Å². The van der Waals surface area contributed by atoms with Crippen molar-refractivity contribution in [2.24, 2.45) is 5.14 Å². The Morgan fingerprint density at radius 2 is 1.70 bits per heavy atom. The Morgan fingerprint density at radius 1 is 1.09 bits per heavy atom. The first-order chi connectivity index (χ1) is 10.6. The summed E-state index contributed by atoms with van der Waals surface area (Å²) in [4.78, 5) is 11.9. The van der Waals surface area contributed by atoms with Crippen LogP contribution in [0.4, 0.5) is 0 Å². The summed E-state index contributed by atoms with van der Waals surface area (Å²) in [5, 5.41) is 5.02. The Labute approximate surface area is 138 Å². The lowest BCUT2D eigenvalue weighted by Crippen LogP contribution is -2.22. The normalized spacial score (nSPS) is 12.3. The van der Waals surface area contributed by atoms with Crippen LogP contribution in [0.1, 0.15) is 32.8 Å². The van der Waals surface area contributed by atoms with Crippen LogP contribution in [0.15, 0.2) is 29.2 Å². The van der Waals surface area contributed by atoms with Crippen molar-refractivity contribution >= 4 is 15.8 Å². The Morgan fingerprint density at radius 3 is 2.22 bits per heavy atom. The van der Waals surface area contributed by atoms with Gasteiger partial charge >= 0.3 is 0 Å². The Balaban J connectivity index is 2.27. The van der Waals surface area contributed by atoms with E-state index in [0.29, 0.717) is 26.2 Å². The zero-order valence-corrected chi connectivity index (χ0v) is 14.7. The molecule has 130 valence electrons. The van der Waals surface area contributed by atoms with Crippen LogP contribution >= 0.6 is 0 Å². The van der Waals surface area contributed by atoms with Crippen LogP contribution in [0, 0.1) is 0 Å². The number of primary sulfonamides is 1. The number of hydrogen-bond acceptors (Lipinski definition) is 5. The first-order valence-electron chi connectivity index (χ1n) is 7.43. The summed E-state index contributed by atoms with van der Waals surface area (Å²) in [5.41, 5.74) is 0.556. The van der Waals surface area contributed by atoms with Crippen molar-refractivity contribution in [2.75, 3.05) is 19.8 Å². The predicted octanol–water partition coefficient (Wildman–Crippen LogP) is 1.67. The fraction of sp³-hybridized carbons (Fsp3) is 0.562. The zero-order chi connectivity index (χ0) is 17.5. The van der Waals surface area contributed by atoms with Crippen molar-refractivity contribution in [1.82, 2.24) is 0 Å². The maximum Gasteiger partial charge on any atom is 0.238 e. The number of Topliss-reactive ketones (excluding diaryl/α,β-unsaturated/α-hetero) is 1. The largest absolute Gasteiger partial charge is 0.379 e. The minimum absolute atomic E-state index is 0.0325. The van der Waals surface area contributed by atoms with Gasteiger partial charge in [0, 0.05) is 12.8 Å². The Hall–Kier alpha value is -1.28. The molecule has 0 unspecified atom stereocenters. The molecule has 0 aliphatic carbocycles. The lowest BCUT2D eigenvalue weighted by atomic mass is 10.1. The third kappa shape index (κ3) is 8.80. The molecule has 7 heteroatoms. The van der Waals surface area contributed by atoms with Gasteiger partial charge in [0.2, 0.25) is 10.0 Å². The Bertz CT molecular complexity index is 602. The highest BCUT2D eigenvalue weighted by Gasteiger charge is 2.10. The highest BCUT2D eigenvalue weighted by molar-refractivity contribution is 7.89. The van der Waals surface area contributed by atoms with E-state index >= 15 is 0 Å². The van der Waals surface area contributed by atoms with E-state index in [4.69, 9.17) is 14.6 Å². The van der Waals surface area contributed by atoms with E-state index in [9.17, 15) is 13.2 Å². The molecular formula is C16H25NO5S. The number of rotatable bonds is 9. The van der Waals surface area contributed by atoms with Crippen LogP contribution in [0.25, 0.3) is 0 Å². The van der Waals surface area contributed by atoms with Gasteiger partial charge in [0.1, 0.15) is 5.78 Å². The molecule has 1 rings (SSSR count). The van der Waals surface area contributed by atoms with Gasteiger partial charge in [-0.05, 0) is 38.5 Å². The van der Waals surface area contributed by atoms with E-state index in [2.05, 4.69) is 0 Å². The van der Waals surface area contributed by atoms with Gasteiger partial charge in [-0.1, -0.05) is 12.1 Å². The third-order valence-electron chi connectivity index (χ3n) is 2.94. The van der Waals surface area contributed by atoms with E-state index in [1.54, 1.807) is 12.1 Å². The minimum Gasteiger partial charge on any atom is -0.379 e. The molecule has 0 aromatic heterocycles. The van der Waals surface area contributed by atoms with E-state index < -0.39 is 10.0 Å². The molecular weight excluding hydrogens is 318 g/mol. The summed E-state index contributed by atoms with van der Waals surface area (Å²) in [6.45, 7) is 7.20. The second-order valence-electron chi connectivity index (χ2n) is 6.23. The van der Waals surface area contributed by atoms with Crippen LogP contribution in [0.3, 0.4) is 0 Å². The second-order valence-corrected chi connectivity index (χ2v) is 7.79. The van der Waals surface area contributed by atoms with Crippen molar-refractivity contribution in [1.29, 1.82) is 0 Å². The van der Waals surface area contributed by atoms with Gasteiger partial charge in [0.05, 0.1) is 30.3 Å². The van der Waals surface area contributed by atoms with E-state index in [-0.39, 0.29) is 22.7 Å². The van der Waals surface area contributed by atoms with Crippen LogP contribution < -0.4 is 5.14 Å². The molecule has 0 fully saturated rings. The van der Waals surface area contributed by atoms with Gasteiger partial charge in [0.15, 0.2) is 0 Å². The van der Waals surface area contributed by atoms with Gasteiger partial charge in [-0.3, -0.25) is 4.79 Å². The van der Waals surface area contributed by atoms with Gasteiger partial charge in [-0.25, -0.2) is 13.6 Å². The molecule has 0 amide bonds. The van der Waals surface area contributed by atoms with Crippen LogP contribution in [-0.2, 0) is 30.7 Å². The first-order valence-corrected chi connectivity index (χ1v) is 8.98. The van der Waals surface area contributed by atoms with Gasteiger partial charge < -0.3 is 9.47 Å². The molecule has 0 saturated carbocycles. The molecule has 0 bridgehead atoms.